The van der Waals surface area contributed by atoms with Crippen molar-refractivity contribution in [2.24, 2.45) is 7.05 Å². The van der Waals surface area contributed by atoms with Crippen LogP contribution < -0.4 is 15.0 Å². The maximum absolute atomic E-state index is 11.8. The highest BCUT2D eigenvalue weighted by Gasteiger charge is 2.20. The van der Waals surface area contributed by atoms with Crippen LogP contribution in [0.15, 0.2) is 48.5 Å². The third kappa shape index (κ3) is 4.74. The number of methoxy groups -OCH3 is 1. The van der Waals surface area contributed by atoms with Gasteiger partial charge in [0.05, 0.1) is 7.11 Å². The van der Waals surface area contributed by atoms with Gasteiger partial charge in [0, 0.05) is 61.9 Å². The Labute approximate surface area is 189 Å². The van der Waals surface area contributed by atoms with Crippen LogP contribution in [0.5, 0.6) is 5.75 Å². The molecule has 1 fully saturated rings. The van der Waals surface area contributed by atoms with Crippen LogP contribution in [0.4, 0.5) is 5.69 Å². The van der Waals surface area contributed by atoms with Gasteiger partial charge in [-0.2, -0.15) is 0 Å². The number of carboxylic acid groups (broad SMARTS) is 1. The van der Waals surface area contributed by atoms with E-state index in [4.69, 9.17) is 4.74 Å². The molecule has 0 bridgehead atoms. The van der Waals surface area contributed by atoms with Crippen molar-refractivity contribution in [3.05, 3.63) is 59.8 Å². The first-order valence-electron chi connectivity index (χ1n) is 11.2. The highest BCUT2D eigenvalue weighted by molar-refractivity contribution is 5.98. The third-order valence-corrected chi connectivity index (χ3v) is 6.35. The molecule has 0 amide bonds. The number of para-hydroxylation sites is 1. The van der Waals surface area contributed by atoms with Gasteiger partial charge in [-0.1, -0.05) is 18.2 Å². The molecule has 1 saturated heterocycles. The average molecular weight is 437 g/mol. The lowest BCUT2D eigenvalue weighted by Crippen LogP contribution is -2.46. The summed E-state index contributed by atoms with van der Waals surface area (Å²) in [6.07, 6.45) is 1.04. The molecule has 4 rings (SSSR count). The zero-order valence-electron chi connectivity index (χ0n) is 18.9. The normalized spacial score (nSPS) is 14.8. The van der Waals surface area contributed by atoms with Crippen molar-refractivity contribution >= 4 is 22.6 Å². The fourth-order valence-electron chi connectivity index (χ4n) is 4.59. The number of aromatic carboxylic acids is 1. The van der Waals surface area contributed by atoms with E-state index in [2.05, 4.69) is 27.2 Å². The summed E-state index contributed by atoms with van der Waals surface area (Å²) in [6.45, 7) is 6.63. The number of nitrogens with one attached hydrogen (secondary N) is 1. The van der Waals surface area contributed by atoms with Gasteiger partial charge in [0.2, 0.25) is 0 Å². The number of carbonyl (C=O) groups is 1. The number of hydrogen-bond acceptors (Lipinski definition) is 5. The lowest BCUT2D eigenvalue weighted by atomic mass is 10.1. The first kappa shape index (κ1) is 22.2. The predicted molar refractivity (Wildman–Crippen MR) is 128 cm³/mol. The number of aromatic nitrogens is 1. The van der Waals surface area contributed by atoms with Crippen molar-refractivity contribution in [3.8, 4) is 5.75 Å². The number of ether oxygens (including phenoxy) is 1. The number of nitrogens with zero attached hydrogens (tertiary/aromatic N) is 3. The van der Waals surface area contributed by atoms with Gasteiger partial charge in [-0.15, -0.1) is 0 Å². The van der Waals surface area contributed by atoms with Crippen LogP contribution in [0.1, 0.15) is 22.5 Å². The number of aryl methyl sites for hydroxylation is 1. The van der Waals surface area contributed by atoms with Crippen molar-refractivity contribution in [2.75, 3.05) is 51.3 Å². The zero-order chi connectivity index (χ0) is 22.5. The molecule has 1 aliphatic heterocycles. The SMILES string of the molecule is COc1ccc(N2CCN(CCCNCc3c(C(=O)O)n(C)c4ccccc34)CC2)cc1. The molecule has 3 aromatic rings. The minimum Gasteiger partial charge on any atom is -0.497 e. The topological polar surface area (TPSA) is 70.0 Å². The van der Waals surface area contributed by atoms with E-state index in [1.54, 1.807) is 11.7 Å². The van der Waals surface area contributed by atoms with E-state index >= 15 is 0 Å². The Hall–Kier alpha value is -3.03. The van der Waals surface area contributed by atoms with Crippen LogP contribution in [0.3, 0.4) is 0 Å². The molecule has 0 unspecified atom stereocenters. The van der Waals surface area contributed by atoms with E-state index < -0.39 is 5.97 Å². The quantitative estimate of drug-likeness (QED) is 0.502. The number of piperazine rings is 1. The number of anilines is 1. The smallest absolute Gasteiger partial charge is 0.352 e. The summed E-state index contributed by atoms with van der Waals surface area (Å²) in [7, 11) is 3.51. The largest absolute Gasteiger partial charge is 0.497 e. The summed E-state index contributed by atoms with van der Waals surface area (Å²) >= 11 is 0. The number of benzene rings is 2. The van der Waals surface area contributed by atoms with Gasteiger partial charge in [0.15, 0.2) is 0 Å². The highest BCUT2D eigenvalue weighted by Crippen LogP contribution is 2.25. The Morgan fingerprint density at radius 3 is 2.47 bits per heavy atom. The monoisotopic (exact) mass is 436 g/mol. The lowest BCUT2D eigenvalue weighted by Gasteiger charge is -2.36. The molecule has 0 atom stereocenters. The summed E-state index contributed by atoms with van der Waals surface area (Å²) in [5, 5.41) is 14.2. The lowest BCUT2D eigenvalue weighted by molar-refractivity contribution is 0.0685. The zero-order valence-corrected chi connectivity index (χ0v) is 18.9. The second kappa shape index (κ2) is 10.1. The van der Waals surface area contributed by atoms with Crippen LogP contribution in [0.2, 0.25) is 0 Å². The molecule has 32 heavy (non-hydrogen) atoms. The van der Waals surface area contributed by atoms with Gasteiger partial charge in [-0.3, -0.25) is 4.90 Å². The van der Waals surface area contributed by atoms with E-state index in [9.17, 15) is 9.90 Å². The molecule has 0 aliphatic carbocycles. The van der Waals surface area contributed by atoms with Crippen molar-refractivity contribution in [1.82, 2.24) is 14.8 Å². The van der Waals surface area contributed by atoms with Gasteiger partial charge in [-0.25, -0.2) is 4.79 Å². The molecule has 2 aromatic carbocycles. The van der Waals surface area contributed by atoms with Crippen molar-refractivity contribution in [2.45, 2.75) is 13.0 Å². The fraction of sp³-hybridized carbons (Fsp3) is 0.400. The van der Waals surface area contributed by atoms with E-state index in [0.717, 1.165) is 67.9 Å². The first-order chi connectivity index (χ1) is 15.6. The van der Waals surface area contributed by atoms with Gasteiger partial charge < -0.3 is 24.6 Å². The van der Waals surface area contributed by atoms with Crippen LogP contribution in [-0.2, 0) is 13.6 Å². The third-order valence-electron chi connectivity index (χ3n) is 6.35. The Bertz CT molecular complexity index is 1050. The van der Waals surface area contributed by atoms with Crippen molar-refractivity contribution in [3.63, 3.8) is 0 Å². The van der Waals surface area contributed by atoms with E-state index in [1.165, 1.54) is 5.69 Å². The van der Waals surface area contributed by atoms with Gasteiger partial charge in [0.1, 0.15) is 11.4 Å². The molecule has 0 spiro atoms. The van der Waals surface area contributed by atoms with Crippen LogP contribution in [0.25, 0.3) is 10.9 Å². The Morgan fingerprint density at radius 1 is 1.06 bits per heavy atom. The van der Waals surface area contributed by atoms with Gasteiger partial charge in [0.25, 0.3) is 0 Å². The summed E-state index contributed by atoms with van der Waals surface area (Å²) in [6, 6.07) is 16.1. The molecular formula is C25H32N4O3. The van der Waals surface area contributed by atoms with E-state index in [0.29, 0.717) is 12.2 Å². The summed E-state index contributed by atoms with van der Waals surface area (Å²) < 4.78 is 7.02. The minimum atomic E-state index is -0.879. The molecule has 1 aliphatic rings. The average Bonchev–Trinajstić information content (AvgIpc) is 3.11. The Balaban J connectivity index is 1.23. The molecule has 2 heterocycles. The molecule has 0 radical (unpaired) electrons. The summed E-state index contributed by atoms with van der Waals surface area (Å²) in [5.74, 6) is 0.00842. The summed E-state index contributed by atoms with van der Waals surface area (Å²) in [4.78, 5) is 16.7. The molecule has 0 saturated carbocycles. The van der Waals surface area contributed by atoms with Gasteiger partial charge in [-0.05, 0) is 49.8 Å². The van der Waals surface area contributed by atoms with E-state index in [-0.39, 0.29) is 0 Å². The Morgan fingerprint density at radius 2 is 1.78 bits per heavy atom. The number of fused-ring (bicyclic) bond motifs is 1. The van der Waals surface area contributed by atoms with Crippen molar-refractivity contribution in [1.29, 1.82) is 0 Å². The molecule has 7 nitrogen and oxygen atoms in total. The van der Waals surface area contributed by atoms with E-state index in [1.807, 2.05) is 43.4 Å². The number of hydrogen-bond donors (Lipinski definition) is 2. The summed E-state index contributed by atoms with van der Waals surface area (Å²) in [5.41, 5.74) is 3.44. The standard InChI is InChI=1S/C25H32N4O3/c1-27-23-7-4-3-6-21(23)22(24(27)25(30)31)18-26-12-5-13-28-14-16-29(17-15-28)19-8-10-20(32-2)11-9-19/h3-4,6-11,26H,5,12-18H2,1-2H3,(H,30,31). The maximum Gasteiger partial charge on any atom is 0.352 e. The molecular weight excluding hydrogens is 404 g/mol. The fourth-order valence-corrected chi connectivity index (χ4v) is 4.59. The molecule has 2 N–H and O–H groups in total. The van der Waals surface area contributed by atoms with Crippen LogP contribution in [0, 0.1) is 0 Å². The van der Waals surface area contributed by atoms with Crippen molar-refractivity contribution < 1.29 is 14.6 Å². The van der Waals surface area contributed by atoms with Crippen LogP contribution >= 0.6 is 0 Å². The second-order valence-electron chi connectivity index (χ2n) is 8.27. The predicted octanol–water partition coefficient (Wildman–Crippen LogP) is 3.19. The maximum atomic E-state index is 11.8. The first-order valence-corrected chi connectivity index (χ1v) is 11.2. The Kier molecular flexibility index (Phi) is 6.97. The molecule has 170 valence electrons. The molecule has 1 aromatic heterocycles. The minimum absolute atomic E-state index is 0.369. The second-order valence-corrected chi connectivity index (χ2v) is 8.27. The van der Waals surface area contributed by atoms with Gasteiger partial charge >= 0.3 is 5.97 Å². The highest BCUT2D eigenvalue weighted by atomic mass is 16.5. The van der Waals surface area contributed by atoms with Crippen LogP contribution in [-0.4, -0.2) is 66.9 Å². The number of carboxylic acids is 1. The molecule has 7 heteroatoms. The number of rotatable bonds is 9.